The molecule has 0 bridgehead atoms. The first-order valence-corrected chi connectivity index (χ1v) is 7.37. The number of nitrogens with one attached hydrogen (secondary N) is 1. The minimum Gasteiger partial charge on any atom is -0.494 e. The predicted octanol–water partition coefficient (Wildman–Crippen LogP) is 5.13. The minimum atomic E-state index is 0.706. The topological polar surface area (TPSA) is 21.3 Å². The Hall–Kier alpha value is -1.67. The number of anilines is 1. The van der Waals surface area contributed by atoms with Gasteiger partial charge in [-0.3, -0.25) is 0 Å². The molecule has 0 heterocycles. The van der Waals surface area contributed by atoms with Crippen molar-refractivity contribution in [3.8, 4) is 5.75 Å². The summed E-state index contributed by atoms with van der Waals surface area (Å²) in [6, 6.07) is 15.9. The van der Waals surface area contributed by atoms with Gasteiger partial charge < -0.3 is 10.1 Å². The summed E-state index contributed by atoms with van der Waals surface area (Å²) >= 11 is 6.14. The highest BCUT2D eigenvalue weighted by Crippen LogP contribution is 2.20. The highest BCUT2D eigenvalue weighted by Gasteiger charge is 2.00. The second-order valence-corrected chi connectivity index (χ2v) is 5.08. The molecule has 1 N–H and O–H groups in total. The van der Waals surface area contributed by atoms with Crippen molar-refractivity contribution < 1.29 is 4.74 Å². The average molecular weight is 290 g/mol. The van der Waals surface area contributed by atoms with Crippen LogP contribution in [0.3, 0.4) is 0 Å². The van der Waals surface area contributed by atoms with E-state index in [1.807, 2.05) is 48.5 Å². The van der Waals surface area contributed by atoms with Crippen LogP contribution in [0.1, 0.15) is 25.3 Å². The number of rotatable bonds is 7. The molecule has 0 aliphatic rings. The molecule has 0 radical (unpaired) electrons. The van der Waals surface area contributed by atoms with Crippen LogP contribution in [0.5, 0.6) is 5.75 Å². The summed E-state index contributed by atoms with van der Waals surface area (Å²) < 4.78 is 5.70. The van der Waals surface area contributed by atoms with E-state index in [0.29, 0.717) is 6.54 Å². The van der Waals surface area contributed by atoms with Gasteiger partial charge in [0.1, 0.15) is 5.75 Å². The van der Waals surface area contributed by atoms with E-state index in [2.05, 4.69) is 12.2 Å². The molecule has 0 saturated heterocycles. The maximum Gasteiger partial charge on any atom is 0.121 e. The van der Waals surface area contributed by atoms with E-state index in [9.17, 15) is 0 Å². The van der Waals surface area contributed by atoms with Gasteiger partial charge in [-0.05, 0) is 30.2 Å². The molecule has 106 valence electrons. The van der Waals surface area contributed by atoms with Gasteiger partial charge in [0.15, 0.2) is 0 Å². The lowest BCUT2D eigenvalue weighted by molar-refractivity contribution is 0.309. The van der Waals surface area contributed by atoms with Gasteiger partial charge in [0.05, 0.1) is 6.61 Å². The Bertz CT molecular complexity index is 542. The van der Waals surface area contributed by atoms with Crippen LogP contribution in [0.2, 0.25) is 5.02 Å². The van der Waals surface area contributed by atoms with Crippen molar-refractivity contribution in [3.63, 3.8) is 0 Å². The molecule has 0 unspecified atom stereocenters. The molecule has 2 nitrogen and oxygen atoms in total. The zero-order chi connectivity index (χ0) is 14.2. The normalized spacial score (nSPS) is 10.3. The molecule has 2 aromatic carbocycles. The zero-order valence-corrected chi connectivity index (χ0v) is 12.5. The molecule has 0 saturated carbocycles. The minimum absolute atomic E-state index is 0.706. The molecule has 2 aromatic rings. The summed E-state index contributed by atoms with van der Waals surface area (Å²) in [4.78, 5) is 0. The summed E-state index contributed by atoms with van der Waals surface area (Å²) in [5.74, 6) is 0.905. The van der Waals surface area contributed by atoms with E-state index in [1.54, 1.807) is 0 Å². The summed E-state index contributed by atoms with van der Waals surface area (Å²) in [6.45, 7) is 3.63. The van der Waals surface area contributed by atoms with Crippen molar-refractivity contribution in [2.45, 2.75) is 26.3 Å². The van der Waals surface area contributed by atoms with Gasteiger partial charge in [0.25, 0.3) is 0 Å². The van der Waals surface area contributed by atoms with Crippen molar-refractivity contribution in [1.29, 1.82) is 0 Å². The molecule has 20 heavy (non-hydrogen) atoms. The van der Waals surface area contributed by atoms with Gasteiger partial charge in [-0.15, -0.1) is 0 Å². The van der Waals surface area contributed by atoms with E-state index >= 15 is 0 Å². The van der Waals surface area contributed by atoms with Crippen molar-refractivity contribution in [2.75, 3.05) is 11.9 Å². The van der Waals surface area contributed by atoms with Crippen molar-refractivity contribution in [2.24, 2.45) is 0 Å². The van der Waals surface area contributed by atoms with Crippen LogP contribution >= 0.6 is 11.6 Å². The lowest BCUT2D eigenvalue weighted by Gasteiger charge is -2.10. The summed E-state index contributed by atoms with van der Waals surface area (Å²) in [7, 11) is 0. The largest absolute Gasteiger partial charge is 0.494 e. The lowest BCUT2D eigenvalue weighted by Crippen LogP contribution is -2.01. The van der Waals surface area contributed by atoms with Crippen LogP contribution in [-0.4, -0.2) is 6.61 Å². The monoisotopic (exact) mass is 289 g/mol. The molecule has 0 aromatic heterocycles. The summed E-state index contributed by atoms with van der Waals surface area (Å²) in [5, 5.41) is 4.16. The van der Waals surface area contributed by atoms with Crippen molar-refractivity contribution >= 4 is 17.3 Å². The van der Waals surface area contributed by atoms with Crippen LogP contribution in [0.25, 0.3) is 0 Å². The highest BCUT2D eigenvalue weighted by atomic mass is 35.5. The molecule has 0 aliphatic heterocycles. The SMILES string of the molecule is CCCCOc1cccc(NCc2ccccc2Cl)c1. The first kappa shape index (κ1) is 14.7. The molecular formula is C17H20ClNO. The van der Waals surface area contributed by atoms with E-state index in [1.165, 1.54) is 0 Å². The number of ether oxygens (including phenoxy) is 1. The van der Waals surface area contributed by atoms with Crippen molar-refractivity contribution in [3.05, 3.63) is 59.1 Å². The van der Waals surface area contributed by atoms with Gasteiger partial charge in [-0.2, -0.15) is 0 Å². The average Bonchev–Trinajstić information content (AvgIpc) is 2.47. The fraction of sp³-hybridized carbons (Fsp3) is 0.294. The van der Waals surface area contributed by atoms with E-state index in [4.69, 9.17) is 16.3 Å². The number of halogens is 1. The molecule has 0 atom stereocenters. The van der Waals surface area contributed by atoms with Gasteiger partial charge in [0, 0.05) is 23.3 Å². The maximum atomic E-state index is 6.14. The molecule has 0 aliphatic carbocycles. The van der Waals surface area contributed by atoms with Gasteiger partial charge in [-0.25, -0.2) is 0 Å². The number of unbranched alkanes of at least 4 members (excludes halogenated alkanes) is 1. The molecule has 3 heteroatoms. The highest BCUT2D eigenvalue weighted by molar-refractivity contribution is 6.31. The third-order valence-corrected chi connectivity index (χ3v) is 3.41. The maximum absolute atomic E-state index is 6.14. The third-order valence-electron chi connectivity index (χ3n) is 3.04. The van der Waals surface area contributed by atoms with Crippen LogP contribution in [0.4, 0.5) is 5.69 Å². The van der Waals surface area contributed by atoms with E-state index in [-0.39, 0.29) is 0 Å². The Morgan fingerprint density at radius 2 is 1.95 bits per heavy atom. The van der Waals surface area contributed by atoms with Gasteiger partial charge >= 0.3 is 0 Å². The van der Waals surface area contributed by atoms with Crippen LogP contribution in [0.15, 0.2) is 48.5 Å². The molecule has 0 fully saturated rings. The number of benzene rings is 2. The molecule has 2 rings (SSSR count). The number of hydrogen-bond donors (Lipinski definition) is 1. The molecule has 0 amide bonds. The molecule has 0 spiro atoms. The second kappa shape index (κ2) is 7.81. The third kappa shape index (κ3) is 4.46. The Kier molecular flexibility index (Phi) is 5.75. The summed E-state index contributed by atoms with van der Waals surface area (Å²) in [6.07, 6.45) is 2.22. The molecular weight excluding hydrogens is 270 g/mol. The number of hydrogen-bond acceptors (Lipinski definition) is 2. The van der Waals surface area contributed by atoms with E-state index in [0.717, 1.165) is 41.5 Å². The van der Waals surface area contributed by atoms with Gasteiger partial charge in [0.2, 0.25) is 0 Å². The fourth-order valence-electron chi connectivity index (χ4n) is 1.87. The Morgan fingerprint density at radius 3 is 2.75 bits per heavy atom. The Morgan fingerprint density at radius 1 is 1.10 bits per heavy atom. The predicted molar refractivity (Wildman–Crippen MR) is 85.6 cm³/mol. The first-order valence-electron chi connectivity index (χ1n) is 6.99. The van der Waals surface area contributed by atoms with E-state index < -0.39 is 0 Å². The second-order valence-electron chi connectivity index (χ2n) is 4.67. The van der Waals surface area contributed by atoms with Crippen LogP contribution in [-0.2, 0) is 6.54 Å². The fourth-order valence-corrected chi connectivity index (χ4v) is 2.07. The summed E-state index contributed by atoms with van der Waals surface area (Å²) in [5.41, 5.74) is 2.13. The Labute approximate surface area is 125 Å². The smallest absolute Gasteiger partial charge is 0.121 e. The zero-order valence-electron chi connectivity index (χ0n) is 11.7. The van der Waals surface area contributed by atoms with Crippen molar-refractivity contribution in [1.82, 2.24) is 0 Å². The Balaban J connectivity index is 1.93. The standard InChI is InChI=1S/C17H20ClNO/c1-2-3-11-20-16-9-6-8-15(12-16)19-13-14-7-4-5-10-17(14)18/h4-10,12,19H,2-3,11,13H2,1H3. The van der Waals surface area contributed by atoms with Gasteiger partial charge in [-0.1, -0.05) is 49.2 Å². The lowest BCUT2D eigenvalue weighted by atomic mass is 10.2. The van der Waals surface area contributed by atoms with Crippen LogP contribution < -0.4 is 10.1 Å². The van der Waals surface area contributed by atoms with Crippen LogP contribution in [0, 0.1) is 0 Å². The quantitative estimate of drug-likeness (QED) is 0.713. The first-order chi connectivity index (χ1) is 9.79.